The molecule has 2 rings (SSSR count). The normalized spacial score (nSPS) is 13.4. The number of guanidine groups is 1. The maximum atomic E-state index is 11.2. The highest BCUT2D eigenvalue weighted by Gasteiger charge is 2.10. The van der Waals surface area contributed by atoms with Crippen molar-refractivity contribution in [1.82, 2.24) is 15.6 Å². The Balaban J connectivity index is 1.78. The second-order valence-electron chi connectivity index (χ2n) is 6.22. The van der Waals surface area contributed by atoms with Gasteiger partial charge in [0.05, 0.1) is 11.4 Å². The Morgan fingerprint density at radius 2 is 2.04 bits per heavy atom. The first kappa shape index (κ1) is 20.4. The number of sulfone groups is 1. The lowest BCUT2D eigenvalue weighted by Crippen LogP contribution is -2.43. The molecule has 0 saturated heterocycles. The summed E-state index contributed by atoms with van der Waals surface area (Å²) in [5, 5.41) is 9.57. The Morgan fingerprint density at radius 3 is 2.69 bits per heavy atom. The number of aliphatic imine (C=N–C) groups is 1. The quantitative estimate of drug-likeness (QED) is 0.530. The first-order valence-electron chi connectivity index (χ1n) is 8.52. The molecule has 8 heteroatoms. The van der Waals surface area contributed by atoms with Crippen LogP contribution < -0.4 is 10.6 Å². The highest BCUT2D eigenvalue weighted by Crippen LogP contribution is 2.23. The van der Waals surface area contributed by atoms with Gasteiger partial charge in [0.1, 0.15) is 14.8 Å². The molecule has 1 unspecified atom stereocenters. The zero-order chi connectivity index (χ0) is 19.0. The van der Waals surface area contributed by atoms with Crippen molar-refractivity contribution in [2.45, 2.75) is 25.8 Å². The van der Waals surface area contributed by atoms with Crippen molar-refractivity contribution in [1.29, 1.82) is 0 Å². The lowest BCUT2D eigenvalue weighted by Gasteiger charge is -2.17. The smallest absolute Gasteiger partial charge is 0.191 e. The van der Waals surface area contributed by atoms with Crippen molar-refractivity contribution in [3.05, 3.63) is 41.4 Å². The summed E-state index contributed by atoms with van der Waals surface area (Å²) < 4.78 is 22.5. The number of benzene rings is 1. The molecule has 1 atom stereocenters. The van der Waals surface area contributed by atoms with Gasteiger partial charge in [0.25, 0.3) is 0 Å². The van der Waals surface area contributed by atoms with E-state index in [4.69, 9.17) is 0 Å². The fraction of sp³-hybridized carbons (Fsp3) is 0.444. The summed E-state index contributed by atoms with van der Waals surface area (Å²) in [7, 11) is -1.24. The first-order chi connectivity index (χ1) is 12.4. The van der Waals surface area contributed by atoms with Gasteiger partial charge in [-0.25, -0.2) is 13.4 Å². The molecule has 0 aliphatic rings. The van der Waals surface area contributed by atoms with Gasteiger partial charge in [-0.2, -0.15) is 0 Å². The van der Waals surface area contributed by atoms with Crippen LogP contribution in [0.4, 0.5) is 0 Å². The monoisotopic (exact) mass is 394 g/mol. The average molecular weight is 395 g/mol. The van der Waals surface area contributed by atoms with Gasteiger partial charge in [0.15, 0.2) is 5.96 Å². The van der Waals surface area contributed by atoms with Crippen molar-refractivity contribution >= 4 is 27.1 Å². The molecule has 1 heterocycles. The highest BCUT2D eigenvalue weighted by molar-refractivity contribution is 7.90. The summed E-state index contributed by atoms with van der Waals surface area (Å²) in [6.45, 7) is 2.65. The maximum absolute atomic E-state index is 11.2. The molecule has 1 aromatic heterocycles. The van der Waals surface area contributed by atoms with Gasteiger partial charge in [-0.05, 0) is 13.3 Å². The average Bonchev–Trinajstić information content (AvgIpc) is 3.08. The van der Waals surface area contributed by atoms with Gasteiger partial charge in [-0.1, -0.05) is 30.3 Å². The summed E-state index contributed by atoms with van der Waals surface area (Å²) in [5.41, 5.74) is 2.18. The first-order valence-corrected chi connectivity index (χ1v) is 11.5. The van der Waals surface area contributed by atoms with Crippen LogP contribution in [0.2, 0.25) is 0 Å². The number of thiazole rings is 1. The van der Waals surface area contributed by atoms with Gasteiger partial charge < -0.3 is 10.6 Å². The van der Waals surface area contributed by atoms with E-state index in [1.165, 1.54) is 6.26 Å². The van der Waals surface area contributed by atoms with Gasteiger partial charge in [0.2, 0.25) is 0 Å². The maximum Gasteiger partial charge on any atom is 0.191 e. The van der Waals surface area contributed by atoms with E-state index in [2.05, 4.69) is 38.1 Å². The second-order valence-corrected chi connectivity index (χ2v) is 9.34. The number of rotatable bonds is 8. The SMILES string of the molecule is CN=C(NCCc1csc(-c2ccccc2)n1)NC(C)CCS(C)(=O)=O. The molecule has 0 aliphatic heterocycles. The second kappa shape index (κ2) is 9.68. The van der Waals surface area contributed by atoms with Crippen LogP contribution in [0.3, 0.4) is 0 Å². The lowest BCUT2D eigenvalue weighted by atomic mass is 10.2. The fourth-order valence-corrected chi connectivity index (χ4v) is 3.98. The standard InChI is InChI=1S/C18H26N4O2S2/c1-14(10-12-26(3,23)24)21-18(19-2)20-11-9-16-13-25-17(22-16)15-7-5-4-6-8-15/h4-8,13-14H,9-12H2,1-3H3,(H2,19,20,21). The van der Waals surface area contributed by atoms with E-state index >= 15 is 0 Å². The minimum Gasteiger partial charge on any atom is -0.356 e. The molecule has 6 nitrogen and oxygen atoms in total. The number of hydrogen-bond donors (Lipinski definition) is 2. The van der Waals surface area contributed by atoms with Crippen LogP contribution in [0.15, 0.2) is 40.7 Å². The van der Waals surface area contributed by atoms with E-state index < -0.39 is 9.84 Å². The van der Waals surface area contributed by atoms with Crippen molar-refractivity contribution in [2.24, 2.45) is 4.99 Å². The Bertz CT molecular complexity index is 817. The third-order valence-corrected chi connectivity index (χ3v) is 5.69. The summed E-state index contributed by atoms with van der Waals surface area (Å²) in [6, 6.07) is 10.2. The van der Waals surface area contributed by atoms with Gasteiger partial charge in [-0.3, -0.25) is 4.99 Å². The van der Waals surface area contributed by atoms with E-state index in [-0.39, 0.29) is 11.8 Å². The molecule has 0 radical (unpaired) electrons. The number of hydrogen-bond acceptors (Lipinski definition) is 5. The molecular formula is C18H26N4O2S2. The summed E-state index contributed by atoms with van der Waals surface area (Å²) in [6.07, 6.45) is 2.60. The molecule has 142 valence electrons. The third kappa shape index (κ3) is 7.13. The van der Waals surface area contributed by atoms with Crippen LogP contribution in [0.5, 0.6) is 0 Å². The van der Waals surface area contributed by atoms with Crippen molar-refractivity contribution in [2.75, 3.05) is 25.6 Å². The molecule has 0 saturated carbocycles. The Hall–Kier alpha value is -1.93. The predicted molar refractivity (Wildman–Crippen MR) is 110 cm³/mol. The van der Waals surface area contributed by atoms with Crippen LogP contribution >= 0.6 is 11.3 Å². The van der Waals surface area contributed by atoms with Crippen LogP contribution in [0.1, 0.15) is 19.0 Å². The molecule has 0 aliphatic carbocycles. The van der Waals surface area contributed by atoms with E-state index in [9.17, 15) is 8.42 Å². The minimum atomic E-state index is -2.94. The molecule has 2 N–H and O–H groups in total. The Labute approximate surface area is 159 Å². The van der Waals surface area contributed by atoms with E-state index in [0.717, 1.165) is 22.7 Å². The Kier molecular flexibility index (Phi) is 7.59. The highest BCUT2D eigenvalue weighted by atomic mass is 32.2. The largest absolute Gasteiger partial charge is 0.356 e. The van der Waals surface area contributed by atoms with Crippen LogP contribution in [0, 0.1) is 0 Å². The lowest BCUT2D eigenvalue weighted by molar-refractivity contribution is 0.581. The molecule has 0 spiro atoms. The molecule has 0 fully saturated rings. The molecule has 1 aromatic carbocycles. The van der Waals surface area contributed by atoms with Gasteiger partial charge in [-0.15, -0.1) is 11.3 Å². The van der Waals surface area contributed by atoms with Crippen LogP contribution in [-0.2, 0) is 16.3 Å². The third-order valence-electron chi connectivity index (χ3n) is 3.77. The predicted octanol–water partition coefficient (Wildman–Crippen LogP) is 2.34. The summed E-state index contributed by atoms with van der Waals surface area (Å²) >= 11 is 1.65. The van der Waals surface area contributed by atoms with Crippen molar-refractivity contribution in [3.63, 3.8) is 0 Å². The molecule has 0 amide bonds. The van der Waals surface area contributed by atoms with Gasteiger partial charge in [0, 0.05) is 43.3 Å². The van der Waals surface area contributed by atoms with Crippen LogP contribution in [0.25, 0.3) is 10.6 Å². The minimum absolute atomic E-state index is 0.0277. The molecule has 26 heavy (non-hydrogen) atoms. The van der Waals surface area contributed by atoms with E-state index in [1.54, 1.807) is 18.4 Å². The summed E-state index contributed by atoms with van der Waals surface area (Å²) in [5.74, 6) is 0.837. The zero-order valence-corrected chi connectivity index (χ0v) is 17.0. The van der Waals surface area contributed by atoms with E-state index in [0.29, 0.717) is 18.9 Å². The molecule has 0 bridgehead atoms. The topological polar surface area (TPSA) is 83.4 Å². The van der Waals surface area contributed by atoms with Crippen molar-refractivity contribution in [3.8, 4) is 10.6 Å². The Morgan fingerprint density at radius 1 is 1.31 bits per heavy atom. The summed E-state index contributed by atoms with van der Waals surface area (Å²) in [4.78, 5) is 8.86. The van der Waals surface area contributed by atoms with E-state index in [1.807, 2.05) is 25.1 Å². The van der Waals surface area contributed by atoms with Crippen molar-refractivity contribution < 1.29 is 8.42 Å². The zero-order valence-electron chi connectivity index (χ0n) is 15.4. The molecule has 2 aromatic rings. The number of aromatic nitrogens is 1. The number of nitrogens with zero attached hydrogens (tertiary/aromatic N) is 2. The fourth-order valence-electron chi connectivity index (χ4n) is 2.34. The van der Waals surface area contributed by atoms with Gasteiger partial charge >= 0.3 is 0 Å². The van der Waals surface area contributed by atoms with Crippen LogP contribution in [-0.4, -0.2) is 51.0 Å². The number of nitrogens with one attached hydrogen (secondary N) is 2. The molecular weight excluding hydrogens is 368 g/mol.